The zero-order valence-electron chi connectivity index (χ0n) is 10.6. The Hall–Kier alpha value is -1.59. The molecule has 1 unspecified atom stereocenters. The molecule has 0 bridgehead atoms. The Morgan fingerprint density at radius 1 is 1.16 bits per heavy atom. The van der Waals surface area contributed by atoms with E-state index in [1.165, 1.54) is 0 Å². The van der Waals surface area contributed by atoms with Crippen LogP contribution in [-0.4, -0.2) is 24.3 Å². The summed E-state index contributed by atoms with van der Waals surface area (Å²) in [7, 11) is 3.13. The number of aromatic nitrogens is 1. The average Bonchev–Trinajstić information content (AvgIpc) is 2.46. The van der Waals surface area contributed by atoms with Gasteiger partial charge in [-0.25, -0.2) is 0 Å². The van der Waals surface area contributed by atoms with Crippen LogP contribution in [0.2, 0.25) is 0 Å². The minimum Gasteiger partial charge on any atom is -0.493 e. The molecule has 0 saturated heterocycles. The molecule has 1 atom stereocenters. The molecular formula is C14H14BrNO3. The summed E-state index contributed by atoms with van der Waals surface area (Å²) in [6, 6.07) is 8.92. The minimum absolute atomic E-state index is 0.565. The van der Waals surface area contributed by atoms with Crippen molar-refractivity contribution in [3.8, 4) is 11.5 Å². The van der Waals surface area contributed by atoms with Crippen LogP contribution in [0.4, 0.5) is 0 Å². The normalized spacial score (nSPS) is 12.0. The highest BCUT2D eigenvalue weighted by atomic mass is 79.9. The van der Waals surface area contributed by atoms with Crippen LogP contribution in [-0.2, 0) is 0 Å². The maximum atomic E-state index is 10.4. The van der Waals surface area contributed by atoms with Gasteiger partial charge < -0.3 is 14.6 Å². The van der Waals surface area contributed by atoms with Crippen LogP contribution in [0.5, 0.6) is 11.5 Å². The van der Waals surface area contributed by atoms with E-state index in [0.29, 0.717) is 22.8 Å². The van der Waals surface area contributed by atoms with Crippen molar-refractivity contribution in [3.63, 3.8) is 0 Å². The van der Waals surface area contributed by atoms with Crippen LogP contribution in [0.1, 0.15) is 17.4 Å². The monoisotopic (exact) mass is 323 g/mol. The molecule has 2 aromatic rings. The number of rotatable bonds is 4. The number of methoxy groups -OCH3 is 2. The Morgan fingerprint density at radius 2 is 1.89 bits per heavy atom. The van der Waals surface area contributed by atoms with E-state index in [2.05, 4.69) is 20.9 Å². The van der Waals surface area contributed by atoms with Gasteiger partial charge in [-0.3, -0.25) is 4.98 Å². The van der Waals surface area contributed by atoms with Gasteiger partial charge in [-0.1, -0.05) is 6.07 Å². The highest BCUT2D eigenvalue weighted by Gasteiger charge is 2.17. The van der Waals surface area contributed by atoms with Gasteiger partial charge >= 0.3 is 0 Å². The van der Waals surface area contributed by atoms with Crippen molar-refractivity contribution in [1.82, 2.24) is 4.98 Å². The van der Waals surface area contributed by atoms with Crippen molar-refractivity contribution in [2.75, 3.05) is 14.2 Å². The van der Waals surface area contributed by atoms with E-state index < -0.39 is 6.10 Å². The van der Waals surface area contributed by atoms with E-state index in [1.807, 2.05) is 6.07 Å². The molecule has 1 aromatic heterocycles. The number of ether oxygens (including phenoxy) is 2. The number of hydrogen-bond donors (Lipinski definition) is 1. The van der Waals surface area contributed by atoms with Gasteiger partial charge in [-0.2, -0.15) is 0 Å². The van der Waals surface area contributed by atoms with Crippen LogP contribution in [0.25, 0.3) is 0 Å². The predicted molar refractivity (Wildman–Crippen MR) is 75.5 cm³/mol. The smallest absolute Gasteiger partial charge is 0.161 e. The van der Waals surface area contributed by atoms with Gasteiger partial charge in [0.15, 0.2) is 11.5 Å². The minimum atomic E-state index is -0.824. The molecule has 1 heterocycles. The van der Waals surface area contributed by atoms with Crippen molar-refractivity contribution in [3.05, 3.63) is 52.3 Å². The number of hydrogen-bond acceptors (Lipinski definition) is 4. The van der Waals surface area contributed by atoms with E-state index in [9.17, 15) is 5.11 Å². The molecule has 2 rings (SSSR count). The summed E-state index contributed by atoms with van der Waals surface area (Å²) in [4.78, 5) is 4.18. The van der Waals surface area contributed by atoms with Crippen LogP contribution in [0.15, 0.2) is 41.0 Å². The molecule has 0 aliphatic carbocycles. The molecule has 100 valence electrons. The van der Waals surface area contributed by atoms with E-state index in [0.717, 1.165) is 4.47 Å². The summed E-state index contributed by atoms with van der Waals surface area (Å²) in [5.74, 6) is 1.20. The first kappa shape index (κ1) is 13.8. The second-order valence-corrected chi connectivity index (χ2v) is 4.74. The van der Waals surface area contributed by atoms with Crippen LogP contribution in [0.3, 0.4) is 0 Å². The van der Waals surface area contributed by atoms with Gasteiger partial charge in [0.25, 0.3) is 0 Å². The molecule has 0 aliphatic heterocycles. The van der Waals surface area contributed by atoms with E-state index in [4.69, 9.17) is 9.47 Å². The fourth-order valence-corrected chi connectivity index (χ4v) is 2.25. The molecule has 0 fully saturated rings. The Balaban J connectivity index is 2.39. The van der Waals surface area contributed by atoms with Crippen molar-refractivity contribution in [1.29, 1.82) is 0 Å². The lowest BCUT2D eigenvalue weighted by molar-refractivity contribution is 0.213. The van der Waals surface area contributed by atoms with Gasteiger partial charge in [0.1, 0.15) is 6.10 Å². The van der Waals surface area contributed by atoms with Crippen LogP contribution in [0, 0.1) is 0 Å². The summed E-state index contributed by atoms with van der Waals surface area (Å²) in [5, 5.41) is 10.4. The molecule has 4 nitrogen and oxygen atoms in total. The number of pyridine rings is 1. The molecule has 0 spiro atoms. The second kappa shape index (κ2) is 6.04. The van der Waals surface area contributed by atoms with Gasteiger partial charge in [0, 0.05) is 10.7 Å². The predicted octanol–water partition coefficient (Wildman–Crippen LogP) is 2.94. The molecule has 0 aliphatic rings. The maximum Gasteiger partial charge on any atom is 0.161 e. The lowest BCUT2D eigenvalue weighted by atomic mass is 10.1. The third-order valence-corrected chi connectivity index (χ3v) is 3.44. The number of aliphatic hydroxyl groups is 1. The first-order chi connectivity index (χ1) is 9.17. The first-order valence-electron chi connectivity index (χ1n) is 5.67. The Bertz CT molecular complexity index is 574. The number of halogens is 1. The Labute approximate surface area is 120 Å². The lowest BCUT2D eigenvalue weighted by Crippen LogP contribution is -2.04. The summed E-state index contributed by atoms with van der Waals surface area (Å²) < 4.78 is 11.2. The van der Waals surface area contributed by atoms with Crippen LogP contribution >= 0.6 is 15.9 Å². The quantitative estimate of drug-likeness (QED) is 0.939. The second-order valence-electron chi connectivity index (χ2n) is 3.89. The molecule has 0 radical (unpaired) electrons. The largest absolute Gasteiger partial charge is 0.493 e. The Kier molecular flexibility index (Phi) is 4.39. The highest BCUT2D eigenvalue weighted by Crippen LogP contribution is 2.33. The fraction of sp³-hybridized carbons (Fsp3) is 0.214. The van der Waals surface area contributed by atoms with Gasteiger partial charge in [0.05, 0.1) is 19.9 Å². The third kappa shape index (κ3) is 2.88. The molecule has 5 heteroatoms. The molecular weight excluding hydrogens is 310 g/mol. The molecule has 0 saturated carbocycles. The zero-order valence-corrected chi connectivity index (χ0v) is 12.2. The molecule has 19 heavy (non-hydrogen) atoms. The highest BCUT2D eigenvalue weighted by molar-refractivity contribution is 9.10. The van der Waals surface area contributed by atoms with E-state index >= 15 is 0 Å². The van der Waals surface area contributed by atoms with Crippen molar-refractivity contribution in [2.24, 2.45) is 0 Å². The topological polar surface area (TPSA) is 51.6 Å². The van der Waals surface area contributed by atoms with E-state index in [-0.39, 0.29) is 0 Å². The molecule has 1 aromatic carbocycles. The average molecular weight is 324 g/mol. The Morgan fingerprint density at radius 3 is 2.53 bits per heavy atom. The molecule has 1 N–H and O–H groups in total. The zero-order chi connectivity index (χ0) is 13.8. The number of aliphatic hydroxyl groups excluding tert-OH is 1. The fourth-order valence-electron chi connectivity index (χ4n) is 1.78. The van der Waals surface area contributed by atoms with E-state index in [1.54, 1.807) is 44.7 Å². The van der Waals surface area contributed by atoms with Gasteiger partial charge in [0.2, 0.25) is 0 Å². The summed E-state index contributed by atoms with van der Waals surface area (Å²) >= 11 is 3.38. The van der Waals surface area contributed by atoms with Crippen molar-refractivity contribution < 1.29 is 14.6 Å². The number of nitrogens with zero attached hydrogens (tertiary/aromatic N) is 1. The summed E-state index contributed by atoms with van der Waals surface area (Å²) in [6.45, 7) is 0. The number of benzene rings is 1. The van der Waals surface area contributed by atoms with Crippen LogP contribution < -0.4 is 9.47 Å². The lowest BCUT2D eigenvalue weighted by Gasteiger charge is -2.14. The molecule has 0 amide bonds. The SMILES string of the molecule is COc1ccc(C(O)c2ncccc2Br)cc1OC. The first-order valence-corrected chi connectivity index (χ1v) is 6.47. The van der Waals surface area contributed by atoms with Gasteiger partial charge in [-0.05, 0) is 45.8 Å². The maximum absolute atomic E-state index is 10.4. The van der Waals surface area contributed by atoms with Gasteiger partial charge in [-0.15, -0.1) is 0 Å². The van der Waals surface area contributed by atoms with Crippen molar-refractivity contribution in [2.45, 2.75) is 6.10 Å². The summed E-state index contributed by atoms with van der Waals surface area (Å²) in [5.41, 5.74) is 1.26. The summed E-state index contributed by atoms with van der Waals surface area (Å²) in [6.07, 6.45) is 0.819. The van der Waals surface area contributed by atoms with Crippen molar-refractivity contribution >= 4 is 15.9 Å². The third-order valence-electron chi connectivity index (χ3n) is 2.77. The standard InChI is InChI=1S/C14H14BrNO3/c1-18-11-6-5-9(8-12(11)19-2)14(17)13-10(15)4-3-7-16-13/h3-8,14,17H,1-2H3.